The fourth-order valence-electron chi connectivity index (χ4n) is 6.82. The summed E-state index contributed by atoms with van der Waals surface area (Å²) in [4.78, 5) is 0. The molecule has 0 aromatic heterocycles. The Morgan fingerprint density at radius 2 is 1.83 bits per heavy atom. The lowest BCUT2D eigenvalue weighted by atomic mass is 9.74. The van der Waals surface area contributed by atoms with Crippen LogP contribution in [0.4, 0.5) is 0 Å². The zero-order valence-corrected chi connectivity index (χ0v) is 22.1. The molecule has 0 amide bonds. The largest absolute Gasteiger partial charge is 0.508 e. The number of aromatic hydroxyl groups is 1. The van der Waals surface area contributed by atoms with Gasteiger partial charge in [0.05, 0.1) is 12.2 Å². The summed E-state index contributed by atoms with van der Waals surface area (Å²) in [5, 5.41) is 10.5. The zero-order valence-electron chi connectivity index (χ0n) is 22.1. The van der Waals surface area contributed by atoms with E-state index in [9.17, 15) is 5.11 Å². The Bertz CT molecular complexity index is 841. The van der Waals surface area contributed by atoms with Gasteiger partial charge >= 0.3 is 0 Å². The molecule has 0 unspecified atom stereocenters. The van der Waals surface area contributed by atoms with Gasteiger partial charge < -0.3 is 24.1 Å². The van der Waals surface area contributed by atoms with E-state index in [2.05, 4.69) is 25.1 Å². The number of benzene rings is 1. The molecule has 0 bridgehead atoms. The van der Waals surface area contributed by atoms with Crippen LogP contribution in [0, 0.1) is 17.8 Å². The van der Waals surface area contributed by atoms with Crippen molar-refractivity contribution in [3.8, 4) is 5.75 Å². The highest BCUT2D eigenvalue weighted by Crippen LogP contribution is 2.48. The van der Waals surface area contributed by atoms with Gasteiger partial charge in [-0.05, 0) is 93.2 Å². The van der Waals surface area contributed by atoms with E-state index >= 15 is 0 Å². The number of phenolic OH excluding ortho intramolecular Hbond substituents is 1. The molecule has 1 saturated carbocycles. The molecule has 1 aromatic carbocycles. The first-order valence-electron chi connectivity index (χ1n) is 14.7. The molecule has 36 heavy (non-hydrogen) atoms. The maximum atomic E-state index is 10.5. The molecule has 0 spiro atoms. The van der Waals surface area contributed by atoms with Crippen LogP contribution in [0.25, 0.3) is 0 Å². The molecule has 3 fully saturated rings. The summed E-state index contributed by atoms with van der Waals surface area (Å²) in [6.07, 6.45) is 19.1. The maximum Gasteiger partial charge on any atom is 0.158 e. The van der Waals surface area contributed by atoms with Crippen LogP contribution in [0.5, 0.6) is 5.75 Å². The van der Waals surface area contributed by atoms with E-state index in [1.807, 2.05) is 12.1 Å². The molecule has 0 radical (unpaired) electrons. The Hall–Kier alpha value is -1.40. The number of hydrogen-bond donors (Lipinski definition) is 1. The van der Waals surface area contributed by atoms with E-state index in [0.29, 0.717) is 23.5 Å². The van der Waals surface area contributed by atoms with E-state index in [4.69, 9.17) is 18.9 Å². The van der Waals surface area contributed by atoms with Crippen LogP contribution in [-0.2, 0) is 31.8 Å². The van der Waals surface area contributed by atoms with Crippen molar-refractivity contribution in [3.05, 3.63) is 41.5 Å². The summed E-state index contributed by atoms with van der Waals surface area (Å²) in [6, 6.07) is 6.02. The summed E-state index contributed by atoms with van der Waals surface area (Å²) in [6.45, 7) is 3.87. The van der Waals surface area contributed by atoms with Crippen LogP contribution in [0.1, 0.15) is 88.7 Å². The number of fused-ring (bicyclic) bond motifs is 2. The van der Waals surface area contributed by atoms with Gasteiger partial charge in [-0.3, -0.25) is 0 Å². The predicted molar refractivity (Wildman–Crippen MR) is 141 cm³/mol. The summed E-state index contributed by atoms with van der Waals surface area (Å²) in [7, 11) is 0. The predicted octanol–water partition coefficient (Wildman–Crippen LogP) is 6.70. The maximum absolute atomic E-state index is 10.5. The fraction of sp³-hybridized carbons (Fsp3) is 0.742. The number of unbranched alkanes of at least 4 members (excludes halogenated alkanes) is 2. The normalized spacial score (nSPS) is 33.4. The van der Waals surface area contributed by atoms with Crippen LogP contribution < -0.4 is 0 Å². The smallest absolute Gasteiger partial charge is 0.158 e. The first-order chi connectivity index (χ1) is 17.7. The second-order valence-corrected chi connectivity index (χ2v) is 11.4. The van der Waals surface area contributed by atoms with Crippen molar-refractivity contribution in [3.63, 3.8) is 0 Å². The SMILES string of the molecule is CCCCC[C@@H](/C=C/[C@@H]1[C@H]2Cc3cccc(O)c3C[C@H]2C[C@H]1O[C@H]1CCCCO1)O[C@H]1CCCCO1. The first-order valence-corrected chi connectivity index (χ1v) is 14.7. The van der Waals surface area contributed by atoms with Gasteiger partial charge in [-0.25, -0.2) is 0 Å². The van der Waals surface area contributed by atoms with Crippen molar-refractivity contribution in [1.82, 2.24) is 0 Å². The Labute approximate surface area is 217 Å². The van der Waals surface area contributed by atoms with E-state index in [1.165, 1.54) is 37.7 Å². The van der Waals surface area contributed by atoms with Crippen LogP contribution >= 0.6 is 0 Å². The molecule has 2 heterocycles. The third-order valence-corrected chi connectivity index (χ3v) is 8.80. The molecular weight excluding hydrogens is 452 g/mol. The number of ether oxygens (including phenoxy) is 4. The fourth-order valence-corrected chi connectivity index (χ4v) is 6.82. The first kappa shape index (κ1) is 26.2. The molecule has 2 saturated heterocycles. The molecule has 2 aliphatic heterocycles. The number of rotatable bonds is 10. The second kappa shape index (κ2) is 12.9. The van der Waals surface area contributed by atoms with Crippen molar-refractivity contribution in [2.24, 2.45) is 17.8 Å². The van der Waals surface area contributed by atoms with Crippen LogP contribution in [0.2, 0.25) is 0 Å². The minimum Gasteiger partial charge on any atom is -0.508 e. The molecular formula is C31H46O5. The van der Waals surface area contributed by atoms with Crippen LogP contribution in [0.3, 0.4) is 0 Å². The van der Waals surface area contributed by atoms with Gasteiger partial charge in [0.2, 0.25) is 0 Å². The van der Waals surface area contributed by atoms with Crippen molar-refractivity contribution in [2.45, 2.75) is 115 Å². The lowest BCUT2D eigenvalue weighted by molar-refractivity contribution is -0.193. The third-order valence-electron chi connectivity index (χ3n) is 8.80. The molecule has 2 aliphatic carbocycles. The zero-order chi connectivity index (χ0) is 24.7. The molecule has 1 aromatic rings. The van der Waals surface area contributed by atoms with Crippen molar-refractivity contribution in [2.75, 3.05) is 13.2 Å². The average molecular weight is 499 g/mol. The van der Waals surface area contributed by atoms with E-state index in [-0.39, 0.29) is 24.8 Å². The van der Waals surface area contributed by atoms with Crippen molar-refractivity contribution in [1.29, 1.82) is 0 Å². The molecule has 7 atom stereocenters. The van der Waals surface area contributed by atoms with E-state index < -0.39 is 0 Å². The highest BCUT2D eigenvalue weighted by Gasteiger charge is 2.46. The number of phenols is 1. The highest BCUT2D eigenvalue weighted by atomic mass is 16.7. The minimum absolute atomic E-state index is 0.0708. The second-order valence-electron chi connectivity index (χ2n) is 11.4. The minimum atomic E-state index is -0.0807. The Kier molecular flexibility index (Phi) is 9.40. The third kappa shape index (κ3) is 6.53. The summed E-state index contributed by atoms with van der Waals surface area (Å²) in [5.41, 5.74) is 2.45. The highest BCUT2D eigenvalue weighted by molar-refractivity contribution is 5.42. The Morgan fingerprint density at radius 1 is 1.03 bits per heavy atom. The summed E-state index contributed by atoms with van der Waals surface area (Å²) in [5.74, 6) is 1.83. The average Bonchev–Trinajstić information content (AvgIpc) is 3.23. The van der Waals surface area contributed by atoms with Gasteiger partial charge in [-0.15, -0.1) is 0 Å². The van der Waals surface area contributed by atoms with Gasteiger partial charge in [0, 0.05) is 19.1 Å². The molecule has 5 nitrogen and oxygen atoms in total. The van der Waals surface area contributed by atoms with E-state index in [0.717, 1.165) is 70.1 Å². The Morgan fingerprint density at radius 3 is 2.58 bits per heavy atom. The van der Waals surface area contributed by atoms with Gasteiger partial charge in [-0.2, -0.15) is 0 Å². The molecule has 1 N–H and O–H groups in total. The van der Waals surface area contributed by atoms with Crippen LogP contribution in [0.15, 0.2) is 30.4 Å². The van der Waals surface area contributed by atoms with Gasteiger partial charge in [0.25, 0.3) is 0 Å². The lowest BCUT2D eigenvalue weighted by Gasteiger charge is -2.32. The van der Waals surface area contributed by atoms with Gasteiger partial charge in [0.1, 0.15) is 5.75 Å². The van der Waals surface area contributed by atoms with Crippen molar-refractivity contribution >= 4 is 0 Å². The molecule has 200 valence electrons. The van der Waals surface area contributed by atoms with Crippen molar-refractivity contribution < 1.29 is 24.1 Å². The molecule has 4 aliphatic rings. The van der Waals surface area contributed by atoms with Gasteiger partial charge in [0.15, 0.2) is 12.6 Å². The molecule has 5 rings (SSSR count). The molecule has 5 heteroatoms. The van der Waals surface area contributed by atoms with Crippen LogP contribution in [-0.4, -0.2) is 43.1 Å². The standard InChI is InChI=1S/C31H46O5/c1-2-3-4-11-24(35-30-13-5-7-17-33-30)15-16-25-26-19-22-10-9-12-28(32)27(22)20-23(26)21-29(25)36-31-14-6-8-18-34-31/h9-10,12,15-16,23-26,29-32H,2-8,11,13-14,17-21H2,1H3/b16-15+/t23-,24-,25+,26-,29+,30-,31-/m0/s1. The van der Waals surface area contributed by atoms with E-state index in [1.54, 1.807) is 0 Å². The Balaban J connectivity index is 1.33. The summed E-state index contributed by atoms with van der Waals surface area (Å²) < 4.78 is 25.1. The summed E-state index contributed by atoms with van der Waals surface area (Å²) >= 11 is 0. The topological polar surface area (TPSA) is 57.2 Å². The lowest BCUT2D eigenvalue weighted by Crippen LogP contribution is -2.32. The monoisotopic (exact) mass is 498 g/mol. The number of hydrogen-bond acceptors (Lipinski definition) is 5. The quantitative estimate of drug-likeness (QED) is 0.287. The van der Waals surface area contributed by atoms with Gasteiger partial charge in [-0.1, -0.05) is 50.5 Å².